The lowest BCUT2D eigenvalue weighted by Gasteiger charge is -2.45. The number of carbonyl (C=O) groups excluding carboxylic acids is 5. The van der Waals surface area contributed by atoms with Crippen LogP contribution in [0.25, 0.3) is 0 Å². The Hall–Kier alpha value is -13.5. The van der Waals surface area contributed by atoms with Crippen LogP contribution in [-0.2, 0) is 157 Å². The Labute approximate surface area is 847 Å². The van der Waals surface area contributed by atoms with Gasteiger partial charge in [0.1, 0.15) is 73.2 Å². The summed E-state index contributed by atoms with van der Waals surface area (Å²) in [5.74, 6) is -3.79. The zero-order valence-electron chi connectivity index (χ0n) is 80.4. The molecule has 0 N–H and O–H groups in total. The molecular formula is C119H116O27. The van der Waals surface area contributed by atoms with Crippen LogP contribution < -0.4 is 0 Å². The summed E-state index contributed by atoms with van der Waals surface area (Å²) in [4.78, 5) is 75.2. The Morgan fingerprint density at radius 1 is 0.185 bits per heavy atom. The Balaban J connectivity index is 0.697. The fourth-order valence-corrected chi connectivity index (χ4v) is 18.1. The molecule has 0 bridgehead atoms. The van der Waals surface area contributed by atoms with E-state index in [0.717, 1.165) is 44.5 Å². The molecule has 5 fully saturated rings. The molecule has 5 heterocycles. The molecule has 22 unspecified atom stereocenters. The predicted molar refractivity (Wildman–Crippen MR) is 532 cm³/mol. The number of hydrogen-bond donors (Lipinski definition) is 0. The molecule has 0 spiro atoms. The molecule has 146 heavy (non-hydrogen) atoms. The maximum atomic E-state index is 15.2. The summed E-state index contributed by atoms with van der Waals surface area (Å²) in [6, 6.07) is 118. The van der Waals surface area contributed by atoms with Gasteiger partial charge >= 0.3 is 29.8 Å². The lowest BCUT2D eigenvalue weighted by molar-refractivity contribution is -0.323. The Kier molecular flexibility index (Phi) is 36.9. The summed E-state index contributed by atoms with van der Waals surface area (Å²) in [5.41, 5.74) is 7.48. The zero-order valence-corrected chi connectivity index (χ0v) is 80.4. The summed E-state index contributed by atoms with van der Waals surface area (Å²) >= 11 is 0. The van der Waals surface area contributed by atoms with Crippen LogP contribution in [0.2, 0.25) is 0 Å². The molecule has 5 aliphatic rings. The first-order chi connectivity index (χ1) is 71.9. The highest BCUT2D eigenvalue weighted by Gasteiger charge is 2.59. The number of benzene rings is 13. The minimum atomic E-state index is -1.69. The van der Waals surface area contributed by atoms with E-state index in [0.29, 0.717) is 0 Å². The second-order valence-corrected chi connectivity index (χ2v) is 35.9. The van der Waals surface area contributed by atoms with Gasteiger partial charge in [0.25, 0.3) is 0 Å². The van der Waals surface area contributed by atoms with Crippen LogP contribution in [0, 0.1) is 0 Å². The van der Waals surface area contributed by atoms with E-state index >= 15 is 9.59 Å². The maximum absolute atomic E-state index is 15.2. The molecule has 18 rings (SSSR count). The minimum absolute atomic E-state index is 0.0179. The Bertz CT molecular complexity index is 6120. The first-order valence-electron chi connectivity index (χ1n) is 49.1. The van der Waals surface area contributed by atoms with Crippen molar-refractivity contribution in [1.82, 2.24) is 0 Å². The standard InChI is InChI=1S/C119H116O27/c1-80-99(141-111(120)89-57-31-10-32-58-89)104(146-119-108(143-113(122)91-61-35-12-36-62-91)103(130-72-86-51-25-7-26-52-86)97(140-119)78-134-118-110(145-115(124)93-65-39-14-40-66-93)106(132-74-88-55-29-9-30-56-88)101(128-70-84-47-21-5-22-48-84)95(138-118)76-126-68-82-43-17-3-18-44-82)98(136-80)79-135-116-107(142-112(121)90-59-33-11-34-60-90)102(129-71-85-49-23-6-24-50-85)96(139-116)77-133-117-109(144-114(123)92-63-37-13-38-64-92)105(131-73-87-53-27-8-28-54-87)100(127-69-83-45-19-4-20-46-83)94(137-117)75-125-67-81-41-15-2-16-42-81/h2-66,80,94-110,116-119H,67-79H2,1H3. The first-order valence-corrected chi connectivity index (χ1v) is 49.1. The number of hydrogen-bond acceptors (Lipinski definition) is 27. The van der Waals surface area contributed by atoms with Crippen LogP contribution in [0.4, 0.5) is 0 Å². The minimum Gasteiger partial charge on any atom is -0.453 e. The molecule has 27 heteroatoms. The van der Waals surface area contributed by atoms with Gasteiger partial charge in [0.05, 0.1) is 120 Å². The molecule has 5 aliphatic heterocycles. The third-order valence-electron chi connectivity index (χ3n) is 25.6. The van der Waals surface area contributed by atoms with Crippen molar-refractivity contribution < 1.29 is 128 Å². The first kappa shape index (κ1) is 103. The van der Waals surface area contributed by atoms with E-state index in [1.54, 1.807) is 159 Å². The third kappa shape index (κ3) is 28.0. The average molecular weight is 1980 g/mol. The van der Waals surface area contributed by atoms with Crippen molar-refractivity contribution in [2.75, 3.05) is 33.0 Å². The van der Waals surface area contributed by atoms with E-state index in [4.69, 9.17) is 104 Å². The Morgan fingerprint density at radius 3 is 0.623 bits per heavy atom. The normalized spacial score (nSPS) is 25.3. The number of rotatable bonds is 47. The fourth-order valence-electron chi connectivity index (χ4n) is 18.1. The van der Waals surface area contributed by atoms with E-state index in [2.05, 4.69) is 0 Å². The highest BCUT2D eigenvalue weighted by atomic mass is 16.8. The predicted octanol–water partition coefficient (Wildman–Crippen LogP) is 18.2. The van der Waals surface area contributed by atoms with Crippen LogP contribution in [0.1, 0.15) is 103 Å². The van der Waals surface area contributed by atoms with Gasteiger partial charge in [-0.2, -0.15) is 0 Å². The van der Waals surface area contributed by atoms with Crippen molar-refractivity contribution >= 4 is 29.8 Å². The lowest BCUT2D eigenvalue weighted by Crippen LogP contribution is -2.62. The topological polar surface area (TPSA) is 288 Å². The summed E-state index contributed by atoms with van der Waals surface area (Å²) in [6.07, 6.45) is -28.6. The van der Waals surface area contributed by atoms with Gasteiger partial charge in [0.15, 0.2) is 55.7 Å². The molecule has 0 saturated carbocycles. The van der Waals surface area contributed by atoms with Gasteiger partial charge in [0, 0.05) is 0 Å². The molecule has 5 saturated heterocycles. The van der Waals surface area contributed by atoms with Crippen LogP contribution in [0.15, 0.2) is 394 Å². The van der Waals surface area contributed by atoms with E-state index in [9.17, 15) is 14.4 Å². The quantitative estimate of drug-likeness (QED) is 0.0253. The largest absolute Gasteiger partial charge is 0.453 e. The molecule has 27 nitrogen and oxygen atoms in total. The molecule has 22 atom stereocenters. The Morgan fingerprint density at radius 2 is 0.370 bits per heavy atom. The molecule has 0 radical (unpaired) electrons. The number of carbonyl (C=O) groups is 5. The molecule has 13 aromatic carbocycles. The summed E-state index contributed by atoms with van der Waals surface area (Å²) in [7, 11) is 0. The second kappa shape index (κ2) is 52.5. The van der Waals surface area contributed by atoms with Crippen LogP contribution in [-0.4, -0.2) is 198 Å². The smallest absolute Gasteiger partial charge is 0.338 e. The van der Waals surface area contributed by atoms with Crippen molar-refractivity contribution in [3.8, 4) is 0 Å². The van der Waals surface area contributed by atoms with Crippen molar-refractivity contribution in [1.29, 1.82) is 0 Å². The number of ether oxygens (including phenoxy) is 22. The SMILES string of the molecule is CC1OC(COC2OC(COC3OC(COCc4ccccc4)C(OCc4ccccc4)C(OCc4ccccc4)C3OC(=O)c3ccccc3)C(OCc3ccccc3)C2OC(=O)c2ccccc2)C(OC2OC(COC3OC(COCc4ccccc4)C(OCc4ccccc4)C(OCc4ccccc4)C3OC(=O)c3ccccc3)C(OCc3ccccc3)C2OC(=O)c2ccccc2)C1OC(=O)c1ccccc1. The van der Waals surface area contributed by atoms with Gasteiger partial charge in [-0.1, -0.05) is 334 Å². The maximum Gasteiger partial charge on any atom is 0.338 e. The van der Waals surface area contributed by atoms with E-state index < -0.39 is 185 Å². The molecular weight excluding hydrogens is 1860 g/mol. The summed E-state index contributed by atoms with van der Waals surface area (Å²) in [6.45, 7) is 0.557. The van der Waals surface area contributed by atoms with Crippen molar-refractivity contribution in [2.45, 2.75) is 195 Å². The van der Waals surface area contributed by atoms with Crippen molar-refractivity contribution in [2.24, 2.45) is 0 Å². The van der Waals surface area contributed by atoms with Gasteiger partial charge in [-0.05, 0) is 112 Å². The van der Waals surface area contributed by atoms with Gasteiger partial charge in [-0.25, -0.2) is 24.0 Å². The van der Waals surface area contributed by atoms with Crippen LogP contribution in [0.3, 0.4) is 0 Å². The van der Waals surface area contributed by atoms with Gasteiger partial charge in [-0.15, -0.1) is 0 Å². The van der Waals surface area contributed by atoms with Gasteiger partial charge in [-0.3, -0.25) is 0 Å². The van der Waals surface area contributed by atoms with E-state index in [1.807, 2.05) is 243 Å². The highest BCUT2D eigenvalue weighted by Crippen LogP contribution is 2.41. The second-order valence-electron chi connectivity index (χ2n) is 35.9. The van der Waals surface area contributed by atoms with Crippen molar-refractivity contribution in [3.63, 3.8) is 0 Å². The van der Waals surface area contributed by atoms with Crippen LogP contribution in [0.5, 0.6) is 0 Å². The molecule has 754 valence electrons. The summed E-state index contributed by atoms with van der Waals surface area (Å²) < 4.78 is 154. The third-order valence-corrected chi connectivity index (χ3v) is 25.6. The summed E-state index contributed by atoms with van der Waals surface area (Å²) in [5, 5.41) is 0. The van der Waals surface area contributed by atoms with Crippen molar-refractivity contribution in [3.05, 3.63) is 467 Å². The highest BCUT2D eigenvalue weighted by molar-refractivity contribution is 5.91. The van der Waals surface area contributed by atoms with E-state index in [1.165, 1.54) is 0 Å². The molecule has 0 aromatic heterocycles. The van der Waals surface area contributed by atoms with Gasteiger partial charge in [0.2, 0.25) is 0 Å². The average Bonchev–Trinajstić information content (AvgIpc) is 1.66. The number of esters is 5. The van der Waals surface area contributed by atoms with E-state index in [-0.39, 0.29) is 93.9 Å². The van der Waals surface area contributed by atoms with Crippen LogP contribution >= 0.6 is 0 Å². The zero-order chi connectivity index (χ0) is 99.8. The molecule has 13 aromatic rings. The monoisotopic (exact) mass is 1980 g/mol. The molecule has 0 aliphatic carbocycles. The molecule has 0 amide bonds. The lowest BCUT2D eigenvalue weighted by atomic mass is 9.97. The van der Waals surface area contributed by atoms with Gasteiger partial charge < -0.3 is 104 Å². The fraction of sp³-hybridized carbons (Fsp3) is 0.303.